The molecule has 0 fully saturated rings. The Bertz CT molecular complexity index is 535. The molecule has 19 heavy (non-hydrogen) atoms. The van der Waals surface area contributed by atoms with Gasteiger partial charge in [-0.15, -0.1) is 12.6 Å². The van der Waals surface area contributed by atoms with Gasteiger partial charge in [0.25, 0.3) is 0 Å². The molecule has 0 aliphatic heterocycles. The molecule has 0 radical (unpaired) electrons. The lowest BCUT2D eigenvalue weighted by molar-refractivity contribution is -0.142. The number of thiol groups is 1. The maximum atomic E-state index is 12.6. The van der Waals surface area contributed by atoms with Gasteiger partial charge in [-0.1, -0.05) is 0 Å². The summed E-state index contributed by atoms with van der Waals surface area (Å²) < 4.78 is 42.4. The normalized spacial score (nSPS) is 10.9. The second-order valence-electron chi connectivity index (χ2n) is 3.61. The molecule has 0 spiro atoms. The fourth-order valence-electron chi connectivity index (χ4n) is 1.46. The maximum absolute atomic E-state index is 12.6. The summed E-state index contributed by atoms with van der Waals surface area (Å²) in [5, 5.41) is 8.87. The van der Waals surface area contributed by atoms with Gasteiger partial charge in [-0.2, -0.15) is 18.4 Å². The number of halogens is 3. The first-order chi connectivity index (χ1) is 8.79. The van der Waals surface area contributed by atoms with Crippen LogP contribution in [0.2, 0.25) is 0 Å². The quantitative estimate of drug-likeness (QED) is 0.687. The molecular formula is C12H10F3NO2S. The van der Waals surface area contributed by atoms with E-state index < -0.39 is 17.7 Å². The molecule has 0 saturated heterocycles. The first-order valence-electron chi connectivity index (χ1n) is 5.28. The zero-order valence-electron chi connectivity index (χ0n) is 9.91. The van der Waals surface area contributed by atoms with E-state index in [1.165, 1.54) is 0 Å². The van der Waals surface area contributed by atoms with Crippen LogP contribution in [0.1, 0.15) is 23.6 Å². The molecule has 7 heteroatoms. The number of benzene rings is 1. The van der Waals surface area contributed by atoms with Crippen molar-refractivity contribution in [2.24, 2.45) is 0 Å². The summed E-state index contributed by atoms with van der Waals surface area (Å²) in [6.45, 7) is 1.76. The maximum Gasteiger partial charge on any atom is 0.416 e. The SMILES string of the molecule is CCOC(=O)Cc1c(S)cc(C(F)(F)F)cc1C#N. The molecule has 0 saturated carbocycles. The van der Waals surface area contributed by atoms with Gasteiger partial charge in [0.1, 0.15) is 0 Å². The average Bonchev–Trinajstić information content (AvgIpc) is 2.30. The minimum absolute atomic E-state index is 0.0561. The first-order valence-corrected chi connectivity index (χ1v) is 5.73. The van der Waals surface area contributed by atoms with Crippen molar-refractivity contribution >= 4 is 18.6 Å². The molecule has 102 valence electrons. The Morgan fingerprint density at radius 1 is 1.47 bits per heavy atom. The average molecular weight is 289 g/mol. The van der Waals surface area contributed by atoms with E-state index in [2.05, 4.69) is 12.6 Å². The second-order valence-corrected chi connectivity index (χ2v) is 4.09. The van der Waals surface area contributed by atoms with Gasteiger partial charge in [0.05, 0.1) is 30.2 Å². The second kappa shape index (κ2) is 5.97. The summed E-state index contributed by atoms with van der Waals surface area (Å²) in [5.74, 6) is -0.617. The van der Waals surface area contributed by atoms with Gasteiger partial charge in [-0.25, -0.2) is 0 Å². The van der Waals surface area contributed by atoms with Gasteiger partial charge in [0.2, 0.25) is 0 Å². The molecule has 1 rings (SSSR count). The van der Waals surface area contributed by atoms with Crippen LogP contribution in [0.5, 0.6) is 0 Å². The van der Waals surface area contributed by atoms with E-state index in [0.717, 1.165) is 6.07 Å². The third-order valence-corrected chi connectivity index (χ3v) is 2.70. The van der Waals surface area contributed by atoms with Gasteiger partial charge < -0.3 is 4.74 Å². The van der Waals surface area contributed by atoms with E-state index in [9.17, 15) is 18.0 Å². The Balaban J connectivity index is 3.20. The van der Waals surface area contributed by atoms with Crippen LogP contribution in [0, 0.1) is 11.3 Å². The molecule has 0 heterocycles. The van der Waals surface area contributed by atoms with Crippen LogP contribution >= 0.6 is 12.6 Å². The number of nitriles is 1. The summed E-state index contributed by atoms with van der Waals surface area (Å²) in [6, 6.07) is 3.13. The summed E-state index contributed by atoms with van der Waals surface area (Å²) in [6.07, 6.45) is -4.85. The first kappa shape index (κ1) is 15.4. The van der Waals surface area contributed by atoms with Crippen molar-refractivity contribution in [1.29, 1.82) is 5.26 Å². The van der Waals surface area contributed by atoms with Gasteiger partial charge in [-0.05, 0) is 24.6 Å². The molecule has 1 aromatic carbocycles. The molecule has 0 aliphatic rings. The van der Waals surface area contributed by atoms with E-state index in [4.69, 9.17) is 10.00 Å². The zero-order chi connectivity index (χ0) is 14.6. The minimum Gasteiger partial charge on any atom is -0.466 e. The highest BCUT2D eigenvalue weighted by atomic mass is 32.1. The Hall–Kier alpha value is -1.68. The van der Waals surface area contributed by atoms with Crippen molar-refractivity contribution < 1.29 is 22.7 Å². The van der Waals surface area contributed by atoms with E-state index in [-0.39, 0.29) is 29.1 Å². The molecule has 3 nitrogen and oxygen atoms in total. The fourth-order valence-corrected chi connectivity index (χ4v) is 1.80. The summed E-state index contributed by atoms with van der Waals surface area (Å²) in [5.41, 5.74) is -1.06. The summed E-state index contributed by atoms with van der Waals surface area (Å²) in [7, 11) is 0. The van der Waals surface area contributed by atoms with Crippen molar-refractivity contribution in [2.45, 2.75) is 24.4 Å². The van der Waals surface area contributed by atoms with Crippen LogP contribution in [0.15, 0.2) is 17.0 Å². The zero-order valence-corrected chi connectivity index (χ0v) is 10.8. The third-order valence-electron chi connectivity index (χ3n) is 2.30. The highest BCUT2D eigenvalue weighted by Crippen LogP contribution is 2.33. The Morgan fingerprint density at radius 3 is 2.58 bits per heavy atom. The number of alkyl halides is 3. The smallest absolute Gasteiger partial charge is 0.416 e. The van der Waals surface area contributed by atoms with Crippen molar-refractivity contribution in [2.75, 3.05) is 6.61 Å². The van der Waals surface area contributed by atoms with Crippen LogP contribution in [0.3, 0.4) is 0 Å². The van der Waals surface area contributed by atoms with Crippen molar-refractivity contribution in [3.8, 4) is 6.07 Å². The highest BCUT2D eigenvalue weighted by Gasteiger charge is 2.32. The lowest BCUT2D eigenvalue weighted by Gasteiger charge is -2.12. The number of carbonyl (C=O) groups is 1. The molecule has 0 bridgehead atoms. The van der Waals surface area contributed by atoms with Crippen LogP contribution in [0.25, 0.3) is 0 Å². The van der Waals surface area contributed by atoms with Gasteiger partial charge in [0.15, 0.2) is 0 Å². The largest absolute Gasteiger partial charge is 0.466 e. The third kappa shape index (κ3) is 3.89. The molecule has 1 aromatic rings. The van der Waals surface area contributed by atoms with Crippen LogP contribution in [-0.2, 0) is 22.1 Å². The molecule has 0 atom stereocenters. The lowest BCUT2D eigenvalue weighted by Crippen LogP contribution is -2.12. The predicted octanol–water partition coefficient (Wildman–Crippen LogP) is 2.97. The number of carbonyl (C=O) groups excluding carboxylic acids is 1. The van der Waals surface area contributed by atoms with E-state index in [1.807, 2.05) is 0 Å². The van der Waals surface area contributed by atoms with Crippen LogP contribution in [0.4, 0.5) is 13.2 Å². The highest BCUT2D eigenvalue weighted by molar-refractivity contribution is 7.80. The Morgan fingerprint density at radius 2 is 2.11 bits per heavy atom. The fraction of sp³-hybridized carbons (Fsp3) is 0.333. The van der Waals surface area contributed by atoms with Crippen molar-refractivity contribution in [1.82, 2.24) is 0 Å². The number of rotatable bonds is 3. The number of nitrogens with zero attached hydrogens (tertiary/aromatic N) is 1. The standard InChI is InChI=1S/C12H10F3NO2S/c1-2-18-11(17)5-9-7(6-16)3-8(4-10(9)19)12(13,14)15/h3-4,19H,2,5H2,1H3. The topological polar surface area (TPSA) is 50.1 Å². The molecule has 0 aliphatic carbocycles. The van der Waals surface area contributed by atoms with Crippen molar-refractivity contribution in [3.63, 3.8) is 0 Å². The van der Waals surface area contributed by atoms with Crippen molar-refractivity contribution in [3.05, 3.63) is 28.8 Å². The molecule has 0 N–H and O–H groups in total. The predicted molar refractivity (Wildman–Crippen MR) is 63.7 cm³/mol. The van der Waals surface area contributed by atoms with Crippen LogP contribution in [-0.4, -0.2) is 12.6 Å². The van der Waals surface area contributed by atoms with Gasteiger partial charge >= 0.3 is 12.1 Å². The van der Waals surface area contributed by atoms with Crippen LogP contribution < -0.4 is 0 Å². The number of hydrogen-bond acceptors (Lipinski definition) is 4. The molecule has 0 amide bonds. The molecular weight excluding hydrogens is 279 g/mol. The molecule has 0 unspecified atom stereocenters. The molecule has 0 aromatic heterocycles. The Kier molecular flexibility index (Phi) is 4.84. The number of esters is 1. The Labute approximate surface area is 113 Å². The van der Waals surface area contributed by atoms with E-state index in [1.54, 1.807) is 13.0 Å². The number of hydrogen-bond donors (Lipinski definition) is 1. The minimum atomic E-state index is -4.56. The van der Waals surface area contributed by atoms with E-state index >= 15 is 0 Å². The lowest BCUT2D eigenvalue weighted by atomic mass is 10.0. The van der Waals surface area contributed by atoms with Gasteiger partial charge in [0, 0.05) is 4.90 Å². The summed E-state index contributed by atoms with van der Waals surface area (Å²) in [4.78, 5) is 11.3. The number of ether oxygens (including phenoxy) is 1. The van der Waals surface area contributed by atoms with Gasteiger partial charge in [-0.3, -0.25) is 4.79 Å². The van der Waals surface area contributed by atoms with E-state index in [0.29, 0.717) is 6.07 Å². The monoisotopic (exact) mass is 289 g/mol. The summed E-state index contributed by atoms with van der Waals surface area (Å²) >= 11 is 3.91.